The van der Waals surface area contributed by atoms with E-state index in [1.165, 1.54) is 11.3 Å². The fraction of sp³-hybridized carbons (Fsp3) is 0.500. The Morgan fingerprint density at radius 2 is 2.36 bits per heavy atom. The van der Waals surface area contributed by atoms with Gasteiger partial charge in [-0.1, -0.05) is 6.42 Å². The van der Waals surface area contributed by atoms with Gasteiger partial charge in [0.15, 0.2) is 10.8 Å². The van der Waals surface area contributed by atoms with Crippen molar-refractivity contribution in [1.29, 1.82) is 0 Å². The molecule has 1 saturated carbocycles. The monoisotopic (exact) mass is 320 g/mol. The molecule has 0 aliphatic heterocycles. The van der Waals surface area contributed by atoms with Crippen molar-refractivity contribution in [1.82, 2.24) is 10.3 Å². The first-order chi connectivity index (χ1) is 10.6. The summed E-state index contributed by atoms with van der Waals surface area (Å²) >= 11 is 1.48. The number of hydrogen-bond acceptors (Lipinski definition) is 5. The molecule has 1 aliphatic carbocycles. The summed E-state index contributed by atoms with van der Waals surface area (Å²) in [7, 11) is 0. The van der Waals surface area contributed by atoms with Crippen molar-refractivity contribution in [2.75, 3.05) is 6.54 Å². The van der Waals surface area contributed by atoms with Crippen LogP contribution in [0.1, 0.15) is 30.7 Å². The number of rotatable bonds is 5. The zero-order valence-electron chi connectivity index (χ0n) is 12.5. The lowest BCUT2D eigenvalue weighted by atomic mass is 10.1. The second-order valence-corrected chi connectivity index (χ2v) is 6.65. The fourth-order valence-corrected chi connectivity index (χ4v) is 3.56. The third kappa shape index (κ3) is 3.56. The molecule has 2 aromatic heterocycles. The average molecular weight is 320 g/mol. The van der Waals surface area contributed by atoms with Crippen LogP contribution < -0.4 is 5.32 Å². The van der Waals surface area contributed by atoms with E-state index in [1.54, 1.807) is 0 Å². The van der Waals surface area contributed by atoms with Crippen LogP contribution in [0.2, 0.25) is 0 Å². The van der Waals surface area contributed by atoms with Crippen LogP contribution in [0.25, 0.3) is 10.8 Å². The third-order valence-electron chi connectivity index (χ3n) is 4.02. The zero-order valence-corrected chi connectivity index (χ0v) is 13.4. The standard InChI is InChI=1S/C16H20N2O3S/c1-10-5-6-14(21-10)16-18-12(9-22-16)7-15(20)17-8-11-3-2-4-13(11)19/h5-6,9,11,13,19H,2-4,7-8H2,1H3,(H,17,20). The number of nitrogens with one attached hydrogen (secondary N) is 1. The number of aromatic nitrogens is 1. The van der Waals surface area contributed by atoms with E-state index >= 15 is 0 Å². The number of carbonyl (C=O) groups is 1. The van der Waals surface area contributed by atoms with Crippen molar-refractivity contribution in [3.8, 4) is 10.8 Å². The first kappa shape index (κ1) is 15.2. The van der Waals surface area contributed by atoms with Crippen LogP contribution in [0.5, 0.6) is 0 Å². The lowest BCUT2D eigenvalue weighted by molar-refractivity contribution is -0.120. The number of furan rings is 1. The van der Waals surface area contributed by atoms with Crippen LogP contribution in [-0.2, 0) is 11.2 Å². The predicted octanol–water partition coefficient (Wildman–Crippen LogP) is 2.53. The molecule has 0 radical (unpaired) electrons. The minimum Gasteiger partial charge on any atom is -0.459 e. The van der Waals surface area contributed by atoms with E-state index in [4.69, 9.17) is 4.42 Å². The molecule has 118 valence electrons. The molecular formula is C16H20N2O3S. The van der Waals surface area contributed by atoms with Crippen molar-refractivity contribution >= 4 is 17.2 Å². The van der Waals surface area contributed by atoms with Crippen LogP contribution in [0.3, 0.4) is 0 Å². The number of hydrogen-bond donors (Lipinski definition) is 2. The maximum absolute atomic E-state index is 12.0. The van der Waals surface area contributed by atoms with E-state index in [0.717, 1.165) is 41.5 Å². The molecule has 1 fully saturated rings. The van der Waals surface area contributed by atoms with E-state index in [0.29, 0.717) is 6.54 Å². The highest BCUT2D eigenvalue weighted by Gasteiger charge is 2.25. The number of amides is 1. The normalized spacial score (nSPS) is 21.2. The molecule has 0 aromatic carbocycles. The summed E-state index contributed by atoms with van der Waals surface area (Å²) in [6.07, 6.45) is 2.87. The van der Waals surface area contributed by atoms with E-state index < -0.39 is 0 Å². The predicted molar refractivity (Wildman–Crippen MR) is 84.6 cm³/mol. The summed E-state index contributed by atoms with van der Waals surface area (Å²) in [4.78, 5) is 16.4. The second kappa shape index (κ2) is 6.62. The molecule has 5 nitrogen and oxygen atoms in total. The Morgan fingerprint density at radius 3 is 3.05 bits per heavy atom. The van der Waals surface area contributed by atoms with Gasteiger partial charge in [-0.3, -0.25) is 4.79 Å². The van der Waals surface area contributed by atoms with Crippen LogP contribution in [0, 0.1) is 12.8 Å². The maximum atomic E-state index is 12.0. The van der Waals surface area contributed by atoms with Crippen molar-refractivity contribution in [3.05, 3.63) is 29.0 Å². The molecule has 2 heterocycles. The summed E-state index contributed by atoms with van der Waals surface area (Å²) < 4.78 is 5.53. The van der Waals surface area contributed by atoms with Crippen LogP contribution in [0.4, 0.5) is 0 Å². The Hall–Kier alpha value is -1.66. The highest BCUT2D eigenvalue weighted by atomic mass is 32.1. The first-order valence-corrected chi connectivity index (χ1v) is 8.46. The number of carbonyl (C=O) groups excluding carboxylic acids is 1. The average Bonchev–Trinajstić information content (AvgIpc) is 3.18. The molecule has 2 atom stereocenters. The van der Waals surface area contributed by atoms with Crippen molar-refractivity contribution in [2.45, 2.75) is 38.7 Å². The van der Waals surface area contributed by atoms with Gasteiger partial charge in [0.1, 0.15) is 5.76 Å². The summed E-state index contributed by atoms with van der Waals surface area (Å²) in [5.74, 6) is 1.73. The highest BCUT2D eigenvalue weighted by Crippen LogP contribution is 2.26. The molecule has 0 spiro atoms. The Morgan fingerprint density at radius 1 is 1.50 bits per heavy atom. The van der Waals surface area contributed by atoms with E-state index in [1.807, 2.05) is 24.4 Å². The Balaban J connectivity index is 1.52. The third-order valence-corrected chi connectivity index (χ3v) is 4.93. The quantitative estimate of drug-likeness (QED) is 0.887. The molecule has 22 heavy (non-hydrogen) atoms. The van der Waals surface area contributed by atoms with Gasteiger partial charge in [-0.2, -0.15) is 0 Å². The minimum absolute atomic E-state index is 0.0495. The minimum atomic E-state index is -0.270. The van der Waals surface area contributed by atoms with Gasteiger partial charge < -0.3 is 14.8 Å². The van der Waals surface area contributed by atoms with Crippen molar-refractivity contribution < 1.29 is 14.3 Å². The van der Waals surface area contributed by atoms with E-state index in [-0.39, 0.29) is 24.3 Å². The van der Waals surface area contributed by atoms with Crippen LogP contribution in [-0.4, -0.2) is 28.6 Å². The number of aryl methyl sites for hydroxylation is 1. The van der Waals surface area contributed by atoms with E-state index in [2.05, 4.69) is 10.3 Å². The molecule has 2 unspecified atom stereocenters. The van der Waals surface area contributed by atoms with Crippen molar-refractivity contribution in [2.24, 2.45) is 5.92 Å². The second-order valence-electron chi connectivity index (χ2n) is 5.79. The Labute approximate surface area is 133 Å². The van der Waals surface area contributed by atoms with Crippen LogP contribution in [0.15, 0.2) is 21.9 Å². The fourth-order valence-electron chi connectivity index (χ4n) is 2.78. The number of aliphatic hydroxyl groups excluding tert-OH is 1. The zero-order chi connectivity index (χ0) is 15.5. The maximum Gasteiger partial charge on any atom is 0.226 e. The molecular weight excluding hydrogens is 300 g/mol. The number of nitrogens with zero attached hydrogens (tertiary/aromatic N) is 1. The summed E-state index contributed by atoms with van der Waals surface area (Å²) in [6.45, 7) is 2.44. The summed E-state index contributed by atoms with van der Waals surface area (Å²) in [5.41, 5.74) is 0.749. The molecule has 3 rings (SSSR count). The molecule has 0 saturated heterocycles. The highest BCUT2D eigenvalue weighted by molar-refractivity contribution is 7.13. The van der Waals surface area contributed by atoms with Gasteiger partial charge in [-0.05, 0) is 31.9 Å². The van der Waals surface area contributed by atoms with Gasteiger partial charge >= 0.3 is 0 Å². The molecule has 2 aromatic rings. The van der Waals surface area contributed by atoms with Gasteiger partial charge in [0, 0.05) is 17.8 Å². The van der Waals surface area contributed by atoms with E-state index in [9.17, 15) is 9.90 Å². The Bertz CT molecular complexity index is 649. The summed E-state index contributed by atoms with van der Waals surface area (Å²) in [6, 6.07) is 3.79. The van der Waals surface area contributed by atoms with Gasteiger partial charge in [0.05, 0.1) is 18.2 Å². The SMILES string of the molecule is Cc1ccc(-c2nc(CC(=O)NCC3CCCC3O)cs2)o1. The molecule has 6 heteroatoms. The van der Waals surface area contributed by atoms with Gasteiger partial charge in [0.25, 0.3) is 0 Å². The molecule has 2 N–H and O–H groups in total. The van der Waals surface area contributed by atoms with Crippen LogP contribution >= 0.6 is 11.3 Å². The van der Waals surface area contributed by atoms with Crippen molar-refractivity contribution in [3.63, 3.8) is 0 Å². The molecule has 1 aliphatic rings. The lowest BCUT2D eigenvalue weighted by Gasteiger charge is -2.14. The largest absolute Gasteiger partial charge is 0.459 e. The smallest absolute Gasteiger partial charge is 0.226 e. The summed E-state index contributed by atoms with van der Waals surface area (Å²) in [5, 5.41) is 15.3. The lowest BCUT2D eigenvalue weighted by Crippen LogP contribution is -2.33. The molecule has 0 bridgehead atoms. The number of thiazole rings is 1. The van der Waals surface area contributed by atoms with Gasteiger partial charge in [-0.15, -0.1) is 11.3 Å². The molecule has 1 amide bonds. The number of aliphatic hydroxyl groups is 1. The van der Waals surface area contributed by atoms with Gasteiger partial charge in [0.2, 0.25) is 5.91 Å². The topological polar surface area (TPSA) is 75.4 Å². The first-order valence-electron chi connectivity index (χ1n) is 7.58. The Kier molecular flexibility index (Phi) is 4.59. The van der Waals surface area contributed by atoms with Gasteiger partial charge in [-0.25, -0.2) is 4.98 Å².